The van der Waals surface area contributed by atoms with Crippen molar-refractivity contribution in [3.8, 4) is 5.75 Å². The fraction of sp³-hybridized carbons (Fsp3) is 0.412. The van der Waals surface area contributed by atoms with Crippen molar-refractivity contribution < 1.29 is 9.47 Å². The summed E-state index contributed by atoms with van der Waals surface area (Å²) in [7, 11) is 1.69. The van der Waals surface area contributed by atoms with Gasteiger partial charge in [0.1, 0.15) is 5.75 Å². The Bertz CT molecular complexity index is 609. The quantitative estimate of drug-likeness (QED) is 0.936. The monoisotopic (exact) mass is 286 g/mol. The van der Waals surface area contributed by atoms with Crippen molar-refractivity contribution in [2.45, 2.75) is 6.04 Å². The van der Waals surface area contributed by atoms with E-state index < -0.39 is 0 Å². The second kappa shape index (κ2) is 6.43. The highest BCUT2D eigenvalue weighted by atomic mass is 16.5. The average molecular weight is 286 g/mol. The minimum atomic E-state index is 0.264. The lowest BCUT2D eigenvalue weighted by atomic mass is 10.00. The third-order valence-corrected chi connectivity index (χ3v) is 4.17. The molecule has 3 rings (SSSR count). The van der Waals surface area contributed by atoms with Gasteiger partial charge in [-0.15, -0.1) is 0 Å². The molecular formula is C17H22N2O2. The SMILES string of the molecule is COc1ccc2cc(C(CN)N3CCOCC3)ccc2c1. The summed E-state index contributed by atoms with van der Waals surface area (Å²) in [4.78, 5) is 2.41. The lowest BCUT2D eigenvalue weighted by molar-refractivity contribution is 0.0179. The van der Waals surface area contributed by atoms with Crippen molar-refractivity contribution in [2.75, 3.05) is 40.0 Å². The van der Waals surface area contributed by atoms with Crippen LogP contribution in [-0.4, -0.2) is 44.9 Å². The van der Waals surface area contributed by atoms with Gasteiger partial charge in [-0.05, 0) is 34.5 Å². The maximum Gasteiger partial charge on any atom is 0.119 e. The Labute approximate surface area is 125 Å². The number of ether oxygens (including phenoxy) is 2. The first-order valence-electron chi connectivity index (χ1n) is 7.41. The van der Waals surface area contributed by atoms with Gasteiger partial charge in [0.25, 0.3) is 0 Å². The number of hydrogen-bond donors (Lipinski definition) is 1. The summed E-state index contributed by atoms with van der Waals surface area (Å²) in [5.41, 5.74) is 7.30. The van der Waals surface area contributed by atoms with Gasteiger partial charge in [-0.25, -0.2) is 0 Å². The van der Waals surface area contributed by atoms with E-state index in [2.05, 4.69) is 35.2 Å². The molecule has 0 radical (unpaired) electrons. The highest BCUT2D eigenvalue weighted by molar-refractivity contribution is 5.84. The highest BCUT2D eigenvalue weighted by Crippen LogP contribution is 2.27. The third kappa shape index (κ3) is 3.02. The molecule has 1 aliphatic rings. The van der Waals surface area contributed by atoms with Gasteiger partial charge >= 0.3 is 0 Å². The van der Waals surface area contributed by atoms with Crippen LogP contribution in [0.1, 0.15) is 11.6 Å². The fourth-order valence-electron chi connectivity index (χ4n) is 2.96. The Morgan fingerprint density at radius 1 is 1.14 bits per heavy atom. The van der Waals surface area contributed by atoms with Crippen LogP contribution in [-0.2, 0) is 4.74 Å². The number of benzene rings is 2. The molecule has 4 nitrogen and oxygen atoms in total. The minimum Gasteiger partial charge on any atom is -0.497 e. The van der Waals surface area contributed by atoms with Crippen LogP contribution in [0.25, 0.3) is 10.8 Å². The van der Waals surface area contributed by atoms with Crippen molar-refractivity contribution in [1.29, 1.82) is 0 Å². The molecule has 0 aromatic heterocycles. The molecule has 4 heteroatoms. The summed E-state index contributed by atoms with van der Waals surface area (Å²) in [6, 6.07) is 13.0. The van der Waals surface area contributed by atoms with Crippen LogP contribution in [0, 0.1) is 0 Å². The molecule has 2 aromatic rings. The average Bonchev–Trinajstić information content (AvgIpc) is 2.56. The molecule has 0 amide bonds. The molecule has 2 aromatic carbocycles. The maximum atomic E-state index is 6.02. The van der Waals surface area contributed by atoms with Crippen LogP contribution in [0.5, 0.6) is 5.75 Å². The zero-order valence-corrected chi connectivity index (χ0v) is 12.4. The van der Waals surface area contributed by atoms with Gasteiger partial charge in [0.15, 0.2) is 0 Å². The molecule has 1 saturated heterocycles. The minimum absolute atomic E-state index is 0.264. The van der Waals surface area contributed by atoms with Crippen molar-refractivity contribution >= 4 is 10.8 Å². The van der Waals surface area contributed by atoms with Crippen molar-refractivity contribution in [1.82, 2.24) is 4.90 Å². The van der Waals surface area contributed by atoms with Gasteiger partial charge in [-0.2, -0.15) is 0 Å². The summed E-state index contributed by atoms with van der Waals surface area (Å²) >= 11 is 0. The molecule has 1 atom stereocenters. The molecule has 1 heterocycles. The molecule has 1 aliphatic heterocycles. The van der Waals surface area contributed by atoms with E-state index in [1.54, 1.807) is 7.11 Å². The summed E-state index contributed by atoms with van der Waals surface area (Å²) in [5, 5.41) is 2.41. The lowest BCUT2D eigenvalue weighted by Crippen LogP contribution is -2.41. The Kier molecular flexibility index (Phi) is 4.39. The molecule has 1 unspecified atom stereocenters. The number of morpholine rings is 1. The number of rotatable bonds is 4. The predicted octanol–water partition coefficient (Wildman–Crippen LogP) is 2.18. The molecule has 0 aliphatic carbocycles. The highest BCUT2D eigenvalue weighted by Gasteiger charge is 2.21. The van der Waals surface area contributed by atoms with Gasteiger partial charge in [0.05, 0.1) is 20.3 Å². The van der Waals surface area contributed by atoms with Gasteiger partial charge in [-0.1, -0.05) is 18.2 Å². The number of nitrogens with zero attached hydrogens (tertiary/aromatic N) is 1. The van der Waals surface area contributed by atoms with Crippen molar-refractivity contribution in [2.24, 2.45) is 5.73 Å². The fourth-order valence-corrected chi connectivity index (χ4v) is 2.96. The Balaban J connectivity index is 1.91. The van der Waals surface area contributed by atoms with Crippen LogP contribution < -0.4 is 10.5 Å². The van der Waals surface area contributed by atoms with Gasteiger partial charge in [-0.3, -0.25) is 4.90 Å². The first-order chi connectivity index (χ1) is 10.3. The zero-order chi connectivity index (χ0) is 14.7. The largest absolute Gasteiger partial charge is 0.497 e. The summed E-state index contributed by atoms with van der Waals surface area (Å²) in [5.74, 6) is 0.888. The second-order valence-corrected chi connectivity index (χ2v) is 5.37. The first kappa shape index (κ1) is 14.3. The van der Waals surface area contributed by atoms with E-state index in [-0.39, 0.29) is 6.04 Å². The van der Waals surface area contributed by atoms with Crippen LogP contribution >= 0.6 is 0 Å². The summed E-state index contributed by atoms with van der Waals surface area (Å²) < 4.78 is 10.7. The van der Waals surface area contributed by atoms with Crippen molar-refractivity contribution in [3.05, 3.63) is 42.0 Å². The Morgan fingerprint density at radius 2 is 1.86 bits per heavy atom. The summed E-state index contributed by atoms with van der Waals surface area (Å²) in [6.07, 6.45) is 0. The number of nitrogens with two attached hydrogens (primary N) is 1. The van der Waals surface area contributed by atoms with E-state index in [4.69, 9.17) is 15.2 Å². The molecule has 21 heavy (non-hydrogen) atoms. The molecule has 0 saturated carbocycles. The van der Waals surface area contributed by atoms with Crippen molar-refractivity contribution in [3.63, 3.8) is 0 Å². The number of methoxy groups -OCH3 is 1. The van der Waals surface area contributed by atoms with E-state index in [1.807, 2.05) is 6.07 Å². The predicted molar refractivity (Wildman–Crippen MR) is 84.7 cm³/mol. The number of fused-ring (bicyclic) bond motifs is 1. The van der Waals surface area contributed by atoms with E-state index in [9.17, 15) is 0 Å². The molecule has 112 valence electrons. The Hall–Kier alpha value is -1.62. The standard InChI is InChI=1S/C17H22N2O2/c1-20-16-5-4-13-10-15(3-2-14(13)11-16)17(12-18)19-6-8-21-9-7-19/h2-5,10-11,17H,6-9,12,18H2,1H3. The molecule has 1 fully saturated rings. The van der Waals surface area contributed by atoms with Gasteiger partial charge in [0, 0.05) is 25.7 Å². The zero-order valence-electron chi connectivity index (χ0n) is 12.4. The van der Waals surface area contributed by atoms with Crippen LogP contribution in [0.15, 0.2) is 36.4 Å². The van der Waals surface area contributed by atoms with E-state index in [1.165, 1.54) is 16.3 Å². The molecule has 0 bridgehead atoms. The molecule has 2 N–H and O–H groups in total. The number of hydrogen-bond acceptors (Lipinski definition) is 4. The molecule has 0 spiro atoms. The topological polar surface area (TPSA) is 47.7 Å². The summed E-state index contributed by atoms with van der Waals surface area (Å²) in [6.45, 7) is 4.11. The normalized spacial score (nSPS) is 17.8. The smallest absolute Gasteiger partial charge is 0.119 e. The third-order valence-electron chi connectivity index (χ3n) is 4.17. The Morgan fingerprint density at radius 3 is 2.57 bits per heavy atom. The van der Waals surface area contributed by atoms with E-state index in [0.29, 0.717) is 6.54 Å². The van der Waals surface area contributed by atoms with Crippen LogP contribution in [0.4, 0.5) is 0 Å². The van der Waals surface area contributed by atoms with E-state index >= 15 is 0 Å². The van der Waals surface area contributed by atoms with Crippen LogP contribution in [0.3, 0.4) is 0 Å². The first-order valence-corrected chi connectivity index (χ1v) is 7.41. The van der Waals surface area contributed by atoms with Crippen LogP contribution in [0.2, 0.25) is 0 Å². The second-order valence-electron chi connectivity index (χ2n) is 5.37. The van der Waals surface area contributed by atoms with Gasteiger partial charge in [0.2, 0.25) is 0 Å². The lowest BCUT2D eigenvalue weighted by Gasteiger charge is -2.34. The maximum absolute atomic E-state index is 6.02. The van der Waals surface area contributed by atoms with Gasteiger partial charge < -0.3 is 15.2 Å². The molecular weight excluding hydrogens is 264 g/mol. The van der Waals surface area contributed by atoms with E-state index in [0.717, 1.165) is 32.1 Å².